The van der Waals surface area contributed by atoms with E-state index < -0.39 is 23.7 Å². The fraction of sp³-hybridized carbons (Fsp3) is 0.250. The van der Waals surface area contributed by atoms with Gasteiger partial charge in [-0.3, -0.25) is 9.63 Å². The fourth-order valence-corrected chi connectivity index (χ4v) is 5.51. The molecule has 3 aromatic carbocycles. The Balaban J connectivity index is 1.43. The summed E-state index contributed by atoms with van der Waals surface area (Å²) in [7, 11) is 2.96. The van der Waals surface area contributed by atoms with Crippen molar-refractivity contribution in [3.8, 4) is 16.9 Å². The Morgan fingerprint density at radius 1 is 0.975 bits per heavy atom. The fourth-order valence-electron chi connectivity index (χ4n) is 5.51. The molecule has 8 nitrogen and oxygen atoms in total. The standard InChI is InChI=1S/C32H31NO7/c1-37-24-17-16-22(18-30(31(35)36)40-23-10-4-3-5-11-23)32(19-24,38-2)33(21-34)39-20-29-27-14-8-6-12-25(27)26-13-7-9-15-28(26)29/h3-17,19,21-22,29-30H,18,20H2,1-2H3,(H,35,36). The molecule has 3 aromatic rings. The van der Waals surface area contributed by atoms with Gasteiger partial charge in [0.1, 0.15) is 11.5 Å². The first-order valence-electron chi connectivity index (χ1n) is 13.0. The molecular weight excluding hydrogens is 510 g/mol. The van der Waals surface area contributed by atoms with E-state index in [0.717, 1.165) is 27.3 Å². The van der Waals surface area contributed by atoms with Crippen LogP contribution in [0.15, 0.2) is 103 Å². The Morgan fingerprint density at radius 3 is 2.17 bits per heavy atom. The van der Waals surface area contributed by atoms with Gasteiger partial charge < -0.3 is 19.3 Å². The number of amides is 1. The van der Waals surface area contributed by atoms with Crippen LogP contribution >= 0.6 is 0 Å². The van der Waals surface area contributed by atoms with Crippen LogP contribution in [0.4, 0.5) is 0 Å². The Bertz CT molecular complexity index is 1370. The van der Waals surface area contributed by atoms with Crippen molar-refractivity contribution in [1.82, 2.24) is 5.06 Å². The number of rotatable bonds is 12. The Morgan fingerprint density at radius 2 is 1.60 bits per heavy atom. The number of hydrogen-bond acceptors (Lipinski definition) is 6. The van der Waals surface area contributed by atoms with Gasteiger partial charge in [-0.1, -0.05) is 72.8 Å². The van der Waals surface area contributed by atoms with E-state index in [1.807, 2.05) is 30.3 Å². The van der Waals surface area contributed by atoms with Gasteiger partial charge in [-0.2, -0.15) is 5.06 Å². The molecule has 8 heteroatoms. The minimum atomic E-state index is -1.49. The van der Waals surface area contributed by atoms with Crippen LogP contribution in [0.3, 0.4) is 0 Å². The lowest BCUT2D eigenvalue weighted by atomic mass is 9.85. The number of carboxylic acids is 1. The number of para-hydroxylation sites is 1. The van der Waals surface area contributed by atoms with Gasteiger partial charge in [0.2, 0.25) is 6.41 Å². The highest BCUT2D eigenvalue weighted by Crippen LogP contribution is 2.45. The van der Waals surface area contributed by atoms with Crippen molar-refractivity contribution in [2.24, 2.45) is 5.92 Å². The minimum absolute atomic E-state index is 0.00907. The second-order valence-corrected chi connectivity index (χ2v) is 9.62. The van der Waals surface area contributed by atoms with Gasteiger partial charge in [0, 0.05) is 31.4 Å². The van der Waals surface area contributed by atoms with Crippen LogP contribution in [0.25, 0.3) is 11.1 Å². The smallest absolute Gasteiger partial charge is 0.344 e. The molecule has 0 fully saturated rings. The van der Waals surface area contributed by atoms with Crippen molar-refractivity contribution in [3.05, 3.63) is 114 Å². The molecule has 0 bridgehead atoms. The second-order valence-electron chi connectivity index (χ2n) is 9.62. The van der Waals surface area contributed by atoms with Crippen LogP contribution in [0.1, 0.15) is 23.5 Å². The topological polar surface area (TPSA) is 94.5 Å². The Hall–Kier alpha value is -4.40. The quantitative estimate of drug-likeness (QED) is 0.192. The monoisotopic (exact) mass is 541 g/mol. The predicted molar refractivity (Wildman–Crippen MR) is 148 cm³/mol. The van der Waals surface area contributed by atoms with E-state index in [-0.39, 0.29) is 18.9 Å². The van der Waals surface area contributed by atoms with Crippen LogP contribution in [-0.2, 0) is 23.9 Å². The largest absolute Gasteiger partial charge is 0.497 e. The normalized spacial score (nSPS) is 20.1. The highest BCUT2D eigenvalue weighted by molar-refractivity contribution is 5.78. The molecular formula is C32H31NO7. The van der Waals surface area contributed by atoms with E-state index in [1.54, 1.807) is 42.5 Å². The highest BCUT2D eigenvalue weighted by Gasteiger charge is 2.47. The molecule has 0 saturated carbocycles. The number of hydrogen-bond donors (Lipinski definition) is 1. The molecule has 40 heavy (non-hydrogen) atoms. The van der Waals surface area contributed by atoms with Crippen LogP contribution in [0, 0.1) is 5.92 Å². The second kappa shape index (κ2) is 11.8. The first kappa shape index (κ1) is 27.2. The van der Waals surface area contributed by atoms with E-state index in [9.17, 15) is 14.7 Å². The summed E-state index contributed by atoms with van der Waals surface area (Å²) in [5.41, 5.74) is 2.99. The van der Waals surface area contributed by atoms with Crippen molar-refractivity contribution >= 4 is 12.4 Å². The molecule has 206 valence electrons. The van der Waals surface area contributed by atoms with E-state index >= 15 is 0 Å². The highest BCUT2D eigenvalue weighted by atomic mass is 16.7. The molecule has 0 heterocycles. The zero-order valence-corrected chi connectivity index (χ0v) is 22.3. The summed E-state index contributed by atoms with van der Waals surface area (Å²) in [4.78, 5) is 31.0. The molecule has 0 spiro atoms. The number of methoxy groups -OCH3 is 2. The maximum Gasteiger partial charge on any atom is 0.344 e. The van der Waals surface area contributed by atoms with Crippen molar-refractivity contribution in [2.75, 3.05) is 20.8 Å². The predicted octanol–water partition coefficient (Wildman–Crippen LogP) is 5.17. The third kappa shape index (κ3) is 5.11. The summed E-state index contributed by atoms with van der Waals surface area (Å²) in [5, 5.41) is 11.1. The number of carbonyl (C=O) groups is 2. The number of hydroxylamine groups is 2. The maximum absolute atomic E-state index is 12.6. The first-order valence-corrected chi connectivity index (χ1v) is 13.0. The minimum Gasteiger partial charge on any atom is -0.497 e. The zero-order valence-electron chi connectivity index (χ0n) is 22.3. The lowest BCUT2D eigenvalue weighted by Gasteiger charge is -2.44. The summed E-state index contributed by atoms with van der Waals surface area (Å²) in [6.45, 7) is 0.160. The number of allylic oxidation sites excluding steroid dienone is 1. The van der Waals surface area contributed by atoms with Gasteiger partial charge in [-0.05, 0) is 40.5 Å². The summed E-state index contributed by atoms with van der Waals surface area (Å²) in [6, 6.07) is 25.0. The molecule has 0 aromatic heterocycles. The molecule has 1 amide bonds. The number of carboxylic acid groups (broad SMARTS) is 1. The summed E-state index contributed by atoms with van der Waals surface area (Å²) >= 11 is 0. The van der Waals surface area contributed by atoms with Gasteiger partial charge in [0.25, 0.3) is 0 Å². The van der Waals surface area contributed by atoms with E-state index in [4.69, 9.17) is 19.0 Å². The van der Waals surface area contributed by atoms with Crippen molar-refractivity contribution in [2.45, 2.75) is 24.2 Å². The molecule has 0 aliphatic heterocycles. The van der Waals surface area contributed by atoms with Gasteiger partial charge in [0.15, 0.2) is 11.8 Å². The van der Waals surface area contributed by atoms with Crippen LogP contribution in [0.5, 0.6) is 5.75 Å². The Kier molecular flexibility index (Phi) is 8.00. The molecule has 1 N–H and O–H groups in total. The van der Waals surface area contributed by atoms with Gasteiger partial charge >= 0.3 is 5.97 Å². The lowest BCUT2D eigenvalue weighted by molar-refractivity contribution is -0.275. The van der Waals surface area contributed by atoms with Crippen molar-refractivity contribution in [1.29, 1.82) is 0 Å². The van der Waals surface area contributed by atoms with E-state index in [1.165, 1.54) is 14.2 Å². The van der Waals surface area contributed by atoms with Gasteiger partial charge in [-0.15, -0.1) is 0 Å². The summed E-state index contributed by atoms with van der Waals surface area (Å²) in [6.07, 6.45) is 4.43. The SMILES string of the molecule is COC1=CC(OC)(N(C=O)OCC2c3ccccc3-c3ccccc32)C(CC(Oc2ccccc2)C(=O)O)C=C1. The van der Waals surface area contributed by atoms with Crippen molar-refractivity contribution in [3.63, 3.8) is 0 Å². The number of benzene rings is 3. The number of ether oxygens (including phenoxy) is 3. The third-order valence-corrected chi connectivity index (χ3v) is 7.48. The summed E-state index contributed by atoms with van der Waals surface area (Å²) in [5.74, 6) is -1.02. The van der Waals surface area contributed by atoms with Crippen LogP contribution in [0.2, 0.25) is 0 Å². The number of carbonyl (C=O) groups excluding carboxylic acids is 1. The van der Waals surface area contributed by atoms with E-state index in [2.05, 4.69) is 24.3 Å². The molecule has 3 atom stereocenters. The maximum atomic E-state index is 12.6. The Labute approximate surface area is 233 Å². The molecule has 2 aliphatic carbocycles. The zero-order chi connectivity index (χ0) is 28.1. The van der Waals surface area contributed by atoms with Crippen molar-refractivity contribution < 1.29 is 33.7 Å². The lowest BCUT2D eigenvalue weighted by Crippen LogP contribution is -2.55. The van der Waals surface area contributed by atoms with E-state index in [0.29, 0.717) is 17.9 Å². The molecule has 5 rings (SSSR count). The summed E-state index contributed by atoms with van der Waals surface area (Å²) < 4.78 is 17.2. The molecule has 2 aliphatic rings. The van der Waals surface area contributed by atoms with Gasteiger partial charge in [-0.25, -0.2) is 4.79 Å². The average molecular weight is 542 g/mol. The number of fused-ring (bicyclic) bond motifs is 3. The van der Waals surface area contributed by atoms with Crippen LogP contribution in [-0.4, -0.2) is 55.2 Å². The number of nitrogens with zero attached hydrogens (tertiary/aromatic N) is 1. The average Bonchev–Trinajstić information content (AvgIpc) is 3.31. The number of aliphatic carboxylic acids is 1. The molecule has 0 radical (unpaired) electrons. The third-order valence-electron chi connectivity index (χ3n) is 7.48. The van der Waals surface area contributed by atoms with Gasteiger partial charge in [0.05, 0.1) is 13.7 Å². The first-order chi connectivity index (χ1) is 19.5. The molecule has 3 unspecified atom stereocenters. The van der Waals surface area contributed by atoms with Crippen LogP contribution < -0.4 is 4.74 Å². The molecule has 0 saturated heterocycles.